The number of rotatable bonds is 5. The van der Waals surface area contributed by atoms with Gasteiger partial charge in [0.25, 0.3) is 5.91 Å². The van der Waals surface area contributed by atoms with Gasteiger partial charge in [0.2, 0.25) is 5.91 Å². The summed E-state index contributed by atoms with van der Waals surface area (Å²) in [4.78, 5) is 39.8. The van der Waals surface area contributed by atoms with Crippen molar-refractivity contribution in [3.05, 3.63) is 59.2 Å². The van der Waals surface area contributed by atoms with Crippen LogP contribution in [0.1, 0.15) is 61.5 Å². The predicted octanol–water partition coefficient (Wildman–Crippen LogP) is 3.94. The molecule has 2 fully saturated rings. The van der Waals surface area contributed by atoms with E-state index in [2.05, 4.69) is 16.7 Å². The first-order valence-corrected chi connectivity index (χ1v) is 12.8. The standard InChI is InChI=1S/C29H32N4O4/c1-29(2,3)37-28(36)33-23-11-10-20(13-23)25(33)27(35)32-22(15-30)12-17-4-6-18(7-5-17)19-8-9-21-16-31-26(34)24(21)14-19/h4-9,14,20,22-23,25H,10-13,16H2,1-3H3,(H,31,34)(H,32,35). The zero-order valence-electron chi connectivity index (χ0n) is 21.4. The van der Waals surface area contributed by atoms with Gasteiger partial charge in [-0.25, -0.2) is 4.79 Å². The number of hydrogen-bond donors (Lipinski definition) is 2. The molecular weight excluding hydrogens is 468 g/mol. The number of amides is 3. The lowest BCUT2D eigenvalue weighted by Gasteiger charge is -2.35. The molecule has 1 aliphatic carbocycles. The van der Waals surface area contributed by atoms with Crippen LogP contribution in [-0.4, -0.2) is 46.5 Å². The fraction of sp³-hybridized carbons (Fsp3) is 0.448. The minimum Gasteiger partial charge on any atom is -0.444 e. The van der Waals surface area contributed by atoms with Crippen molar-refractivity contribution in [2.75, 3.05) is 0 Å². The Labute approximate surface area is 217 Å². The number of fused-ring (bicyclic) bond motifs is 3. The summed E-state index contributed by atoms with van der Waals surface area (Å²) in [6.07, 6.45) is 2.44. The molecule has 37 heavy (non-hydrogen) atoms. The third-order valence-corrected chi connectivity index (χ3v) is 7.45. The molecule has 3 amide bonds. The van der Waals surface area contributed by atoms with E-state index in [-0.39, 0.29) is 23.8 Å². The van der Waals surface area contributed by atoms with Gasteiger partial charge in [-0.1, -0.05) is 36.4 Å². The average molecular weight is 501 g/mol. The predicted molar refractivity (Wildman–Crippen MR) is 137 cm³/mol. The summed E-state index contributed by atoms with van der Waals surface area (Å²) in [5.74, 6) is -0.259. The zero-order chi connectivity index (χ0) is 26.3. The fourth-order valence-corrected chi connectivity index (χ4v) is 5.75. The van der Waals surface area contributed by atoms with Gasteiger partial charge in [0.1, 0.15) is 17.7 Å². The Morgan fingerprint density at radius 3 is 2.59 bits per heavy atom. The molecule has 192 valence electrons. The molecule has 1 saturated heterocycles. The van der Waals surface area contributed by atoms with Crippen LogP contribution in [0.5, 0.6) is 0 Å². The molecule has 0 spiro atoms. The Bertz CT molecular complexity index is 1270. The van der Waals surface area contributed by atoms with E-state index in [0.717, 1.165) is 41.5 Å². The van der Waals surface area contributed by atoms with Crippen LogP contribution in [-0.2, 0) is 22.5 Å². The molecule has 0 radical (unpaired) electrons. The number of likely N-dealkylation sites (tertiary alicyclic amines) is 1. The second-order valence-electron chi connectivity index (χ2n) is 11.2. The van der Waals surface area contributed by atoms with Gasteiger partial charge in [-0.3, -0.25) is 14.5 Å². The van der Waals surface area contributed by atoms with E-state index < -0.39 is 23.8 Å². The molecule has 8 nitrogen and oxygen atoms in total. The van der Waals surface area contributed by atoms with Gasteiger partial charge < -0.3 is 15.4 Å². The van der Waals surface area contributed by atoms with Crippen molar-refractivity contribution in [3.8, 4) is 17.2 Å². The van der Waals surface area contributed by atoms with E-state index in [9.17, 15) is 19.6 Å². The molecule has 3 aliphatic rings. The molecule has 2 bridgehead atoms. The molecule has 4 atom stereocenters. The van der Waals surface area contributed by atoms with E-state index in [0.29, 0.717) is 18.5 Å². The Hall–Kier alpha value is -3.86. The van der Waals surface area contributed by atoms with Crippen molar-refractivity contribution < 1.29 is 19.1 Å². The number of nitrogens with one attached hydrogen (secondary N) is 2. The number of benzene rings is 2. The molecule has 2 heterocycles. The number of hydrogen-bond acceptors (Lipinski definition) is 5. The highest BCUT2D eigenvalue weighted by atomic mass is 16.6. The Morgan fingerprint density at radius 2 is 1.89 bits per heavy atom. The Balaban J connectivity index is 1.25. The topological polar surface area (TPSA) is 112 Å². The lowest BCUT2D eigenvalue weighted by atomic mass is 9.96. The first-order chi connectivity index (χ1) is 17.6. The lowest BCUT2D eigenvalue weighted by molar-refractivity contribution is -0.128. The third-order valence-electron chi connectivity index (χ3n) is 7.45. The van der Waals surface area contributed by atoms with Crippen molar-refractivity contribution in [1.29, 1.82) is 5.26 Å². The van der Waals surface area contributed by atoms with Gasteiger partial charge in [-0.05, 0) is 74.3 Å². The molecule has 2 N–H and O–H groups in total. The van der Waals surface area contributed by atoms with Crippen LogP contribution in [0.25, 0.3) is 11.1 Å². The number of nitriles is 1. The summed E-state index contributed by atoms with van der Waals surface area (Å²) in [7, 11) is 0. The van der Waals surface area contributed by atoms with Gasteiger partial charge >= 0.3 is 6.09 Å². The van der Waals surface area contributed by atoms with E-state index >= 15 is 0 Å². The number of nitrogens with zero attached hydrogens (tertiary/aromatic N) is 2. The maximum atomic E-state index is 13.3. The molecule has 4 unspecified atom stereocenters. The molecule has 2 aromatic rings. The van der Waals surface area contributed by atoms with Crippen molar-refractivity contribution in [3.63, 3.8) is 0 Å². The highest BCUT2D eigenvalue weighted by molar-refractivity contribution is 5.99. The van der Waals surface area contributed by atoms with Gasteiger partial charge in [0, 0.05) is 24.6 Å². The second kappa shape index (κ2) is 9.55. The molecule has 2 aromatic carbocycles. The van der Waals surface area contributed by atoms with Crippen molar-refractivity contribution in [2.45, 2.75) is 76.7 Å². The van der Waals surface area contributed by atoms with E-state index in [1.165, 1.54) is 0 Å². The molecule has 0 aromatic heterocycles. The molecule has 5 rings (SSSR count). The second-order valence-corrected chi connectivity index (χ2v) is 11.2. The SMILES string of the molecule is CC(C)(C)OC(=O)N1C2CCC(C2)C1C(=O)NC(C#N)Cc1ccc(-c2ccc3c(c2)C(=O)NC3)cc1. The molecule has 2 aliphatic heterocycles. The quantitative estimate of drug-likeness (QED) is 0.646. The monoisotopic (exact) mass is 500 g/mol. The first-order valence-electron chi connectivity index (χ1n) is 12.8. The van der Waals surface area contributed by atoms with Crippen LogP contribution in [0, 0.1) is 17.2 Å². The summed E-state index contributed by atoms with van der Waals surface area (Å²) < 4.78 is 5.58. The third kappa shape index (κ3) is 5.04. The minimum absolute atomic E-state index is 0.00831. The Kier molecular flexibility index (Phi) is 6.40. The van der Waals surface area contributed by atoms with Crippen LogP contribution in [0.4, 0.5) is 4.79 Å². The zero-order valence-corrected chi connectivity index (χ0v) is 21.4. The lowest BCUT2D eigenvalue weighted by Crippen LogP contribution is -2.55. The fourth-order valence-electron chi connectivity index (χ4n) is 5.75. The van der Waals surface area contributed by atoms with Gasteiger partial charge in [-0.15, -0.1) is 0 Å². The van der Waals surface area contributed by atoms with E-state index in [1.807, 2.05) is 63.2 Å². The van der Waals surface area contributed by atoms with Gasteiger partial charge in [-0.2, -0.15) is 5.26 Å². The normalized spacial score (nSPS) is 22.7. The number of ether oxygens (including phenoxy) is 1. The van der Waals surface area contributed by atoms with Crippen LogP contribution >= 0.6 is 0 Å². The minimum atomic E-state index is -0.721. The molecule has 1 saturated carbocycles. The van der Waals surface area contributed by atoms with Gasteiger partial charge in [0.05, 0.1) is 6.07 Å². The van der Waals surface area contributed by atoms with E-state index in [4.69, 9.17) is 4.74 Å². The van der Waals surface area contributed by atoms with Gasteiger partial charge in [0.15, 0.2) is 0 Å². The summed E-state index contributed by atoms with van der Waals surface area (Å²) in [6, 6.07) is 14.5. The van der Waals surface area contributed by atoms with Crippen molar-refractivity contribution >= 4 is 17.9 Å². The van der Waals surface area contributed by atoms with Crippen molar-refractivity contribution in [1.82, 2.24) is 15.5 Å². The number of carbonyl (C=O) groups excluding carboxylic acids is 3. The smallest absolute Gasteiger partial charge is 0.411 e. The first kappa shape index (κ1) is 24.8. The summed E-state index contributed by atoms with van der Waals surface area (Å²) >= 11 is 0. The highest BCUT2D eigenvalue weighted by Gasteiger charge is 2.52. The highest BCUT2D eigenvalue weighted by Crippen LogP contribution is 2.43. The summed E-state index contributed by atoms with van der Waals surface area (Å²) in [5.41, 5.74) is 3.89. The number of carbonyl (C=O) groups is 3. The maximum Gasteiger partial charge on any atom is 0.411 e. The largest absolute Gasteiger partial charge is 0.444 e. The van der Waals surface area contributed by atoms with Crippen LogP contribution < -0.4 is 10.6 Å². The maximum absolute atomic E-state index is 13.3. The Morgan fingerprint density at radius 1 is 1.16 bits per heavy atom. The van der Waals surface area contributed by atoms with E-state index in [1.54, 1.807) is 4.90 Å². The average Bonchev–Trinajstić information content (AvgIpc) is 3.58. The molecular formula is C29H32N4O4. The number of piperidine rings is 1. The van der Waals surface area contributed by atoms with Crippen LogP contribution in [0.3, 0.4) is 0 Å². The molecule has 8 heteroatoms. The van der Waals surface area contributed by atoms with Crippen molar-refractivity contribution in [2.24, 2.45) is 5.92 Å². The van der Waals surface area contributed by atoms with Crippen LogP contribution in [0.2, 0.25) is 0 Å². The van der Waals surface area contributed by atoms with Crippen LogP contribution in [0.15, 0.2) is 42.5 Å². The summed E-state index contributed by atoms with van der Waals surface area (Å²) in [5, 5.41) is 15.5. The summed E-state index contributed by atoms with van der Waals surface area (Å²) in [6.45, 7) is 6.00.